The maximum atomic E-state index is 11.2. The number of ether oxygens (including phenoxy) is 3. The molecule has 0 saturated carbocycles. The number of rotatable bonds is 8. The number of carbonyl (C=O) groups is 1. The average Bonchev–Trinajstić information content (AvgIpc) is 2.83. The lowest BCUT2D eigenvalue weighted by molar-refractivity contribution is -0.385. The second-order valence-corrected chi connectivity index (χ2v) is 8.00. The summed E-state index contributed by atoms with van der Waals surface area (Å²) in [4.78, 5) is 21.5. The first-order valence-corrected chi connectivity index (χ1v) is 10.4. The van der Waals surface area contributed by atoms with Crippen LogP contribution < -0.4 is 5.32 Å². The number of carboxylic acids is 1. The number of carboxylic acid groups (broad SMARTS) is 1. The van der Waals surface area contributed by atoms with Crippen molar-refractivity contribution >= 4 is 17.3 Å². The van der Waals surface area contributed by atoms with E-state index in [0.29, 0.717) is 0 Å². The minimum atomic E-state index is -1.82. The smallest absolute Gasteiger partial charge is 0.342 e. The van der Waals surface area contributed by atoms with Gasteiger partial charge in [-0.3, -0.25) is 10.1 Å². The van der Waals surface area contributed by atoms with Crippen LogP contribution in [0.4, 0.5) is 11.4 Å². The van der Waals surface area contributed by atoms with Gasteiger partial charge < -0.3 is 60.4 Å². The van der Waals surface area contributed by atoms with Crippen molar-refractivity contribution in [3.05, 3.63) is 33.9 Å². The Morgan fingerprint density at radius 3 is 2.20 bits per heavy atom. The van der Waals surface area contributed by atoms with Gasteiger partial charge >= 0.3 is 5.97 Å². The number of anilines is 1. The maximum Gasteiger partial charge on any atom is 0.342 e. The van der Waals surface area contributed by atoms with E-state index < -0.39 is 96.7 Å². The van der Waals surface area contributed by atoms with Crippen molar-refractivity contribution < 1.29 is 64.8 Å². The van der Waals surface area contributed by atoms with E-state index in [1.807, 2.05) is 0 Å². The number of hydrogen-bond acceptors (Lipinski definition) is 14. The van der Waals surface area contributed by atoms with Crippen LogP contribution in [0.3, 0.4) is 0 Å². The number of nitrogens with one attached hydrogen (secondary N) is 1. The molecule has 9 N–H and O–H groups in total. The SMILES string of the molecule is O=C(O)c1ccc(NC2OC(CO)C(OC3OC(CO)C(O)C(O)C3O)C(O)C2O)cc1[N+](=O)[O-]. The molecule has 35 heavy (non-hydrogen) atoms. The van der Waals surface area contributed by atoms with Gasteiger partial charge in [-0.15, -0.1) is 0 Å². The van der Waals surface area contributed by atoms with E-state index in [2.05, 4.69) is 5.32 Å². The first kappa shape index (κ1) is 27.1. The second kappa shape index (κ2) is 11.0. The van der Waals surface area contributed by atoms with Crippen molar-refractivity contribution in [2.45, 2.75) is 61.3 Å². The van der Waals surface area contributed by atoms with Gasteiger partial charge in [0.15, 0.2) is 12.5 Å². The quantitative estimate of drug-likeness (QED) is 0.121. The summed E-state index contributed by atoms with van der Waals surface area (Å²) in [6.45, 7) is -1.51. The molecule has 1 aromatic carbocycles. The van der Waals surface area contributed by atoms with Crippen molar-refractivity contribution in [3.63, 3.8) is 0 Å². The zero-order valence-corrected chi connectivity index (χ0v) is 17.9. The van der Waals surface area contributed by atoms with Crippen molar-refractivity contribution in [1.29, 1.82) is 0 Å². The zero-order chi connectivity index (χ0) is 26.0. The zero-order valence-electron chi connectivity index (χ0n) is 17.9. The van der Waals surface area contributed by atoms with Crippen molar-refractivity contribution in [2.75, 3.05) is 18.5 Å². The van der Waals surface area contributed by atoms with Crippen LogP contribution in [0.5, 0.6) is 0 Å². The lowest BCUT2D eigenvalue weighted by Gasteiger charge is -2.46. The third-order valence-electron chi connectivity index (χ3n) is 5.74. The van der Waals surface area contributed by atoms with Crippen molar-refractivity contribution in [3.8, 4) is 0 Å². The number of aromatic carboxylic acids is 1. The molecule has 2 heterocycles. The summed E-state index contributed by atoms with van der Waals surface area (Å²) in [5.41, 5.74) is -1.36. The van der Waals surface area contributed by atoms with Gasteiger partial charge in [-0.1, -0.05) is 0 Å². The highest BCUT2D eigenvalue weighted by molar-refractivity contribution is 5.93. The van der Waals surface area contributed by atoms with Gasteiger partial charge in [0, 0.05) is 11.8 Å². The first-order valence-electron chi connectivity index (χ1n) is 10.4. The Hall–Kier alpha value is -2.51. The third kappa shape index (κ3) is 5.51. The lowest BCUT2D eigenvalue weighted by Crippen LogP contribution is -2.65. The molecule has 2 saturated heterocycles. The molecule has 0 aromatic heterocycles. The first-order chi connectivity index (χ1) is 16.5. The number of aliphatic hydroxyl groups is 7. The van der Waals surface area contributed by atoms with Gasteiger partial charge in [0.2, 0.25) is 0 Å². The molecule has 0 spiro atoms. The Kier molecular flexibility index (Phi) is 8.54. The van der Waals surface area contributed by atoms with E-state index in [1.54, 1.807) is 0 Å². The van der Waals surface area contributed by atoms with Crippen LogP contribution in [0.15, 0.2) is 18.2 Å². The average molecular weight is 506 g/mol. The van der Waals surface area contributed by atoms with Gasteiger partial charge in [0.1, 0.15) is 54.4 Å². The number of nitrogens with zero attached hydrogens (tertiary/aromatic N) is 1. The highest BCUT2D eigenvalue weighted by atomic mass is 16.7. The molecule has 1 aromatic rings. The summed E-state index contributed by atoms with van der Waals surface area (Å²) in [5, 5.41) is 92.9. The molecule has 0 aliphatic carbocycles. The van der Waals surface area contributed by atoms with Crippen molar-refractivity contribution in [1.82, 2.24) is 0 Å². The largest absolute Gasteiger partial charge is 0.477 e. The van der Waals surface area contributed by atoms with Crippen LogP contribution in [-0.2, 0) is 14.2 Å². The van der Waals surface area contributed by atoms with Crippen LogP contribution in [-0.4, -0.2) is 126 Å². The van der Waals surface area contributed by atoms with Crippen LogP contribution in [0.1, 0.15) is 10.4 Å². The molecule has 2 aliphatic heterocycles. The summed E-state index contributed by atoms with van der Waals surface area (Å²) in [6.07, 6.45) is -16.2. The molecule has 3 rings (SSSR count). The molecule has 2 aliphatic rings. The summed E-state index contributed by atoms with van der Waals surface area (Å²) < 4.78 is 16.2. The number of nitro benzene ring substituents is 1. The molecular weight excluding hydrogens is 480 g/mol. The van der Waals surface area contributed by atoms with Crippen LogP contribution in [0, 0.1) is 10.1 Å². The lowest BCUT2D eigenvalue weighted by atomic mass is 9.96. The maximum absolute atomic E-state index is 11.2. The summed E-state index contributed by atoms with van der Waals surface area (Å²) in [7, 11) is 0. The van der Waals surface area contributed by atoms with Crippen LogP contribution >= 0.6 is 0 Å². The summed E-state index contributed by atoms with van der Waals surface area (Å²) in [5.74, 6) is -1.53. The minimum Gasteiger partial charge on any atom is -0.477 e. The summed E-state index contributed by atoms with van der Waals surface area (Å²) in [6, 6.07) is 3.02. The van der Waals surface area contributed by atoms with E-state index in [0.717, 1.165) is 12.1 Å². The van der Waals surface area contributed by atoms with Gasteiger partial charge in [-0.05, 0) is 12.1 Å². The van der Waals surface area contributed by atoms with Gasteiger partial charge in [-0.2, -0.15) is 0 Å². The van der Waals surface area contributed by atoms with Crippen molar-refractivity contribution in [2.24, 2.45) is 0 Å². The van der Waals surface area contributed by atoms with E-state index in [4.69, 9.17) is 19.3 Å². The molecule has 10 unspecified atom stereocenters. The number of benzene rings is 1. The summed E-state index contributed by atoms with van der Waals surface area (Å²) >= 11 is 0. The van der Waals surface area contributed by atoms with E-state index in [1.165, 1.54) is 6.07 Å². The Morgan fingerprint density at radius 1 is 0.971 bits per heavy atom. The Morgan fingerprint density at radius 2 is 1.63 bits per heavy atom. The molecule has 0 bridgehead atoms. The van der Waals surface area contributed by atoms with Crippen LogP contribution in [0.25, 0.3) is 0 Å². The topological polar surface area (TPSA) is 262 Å². The normalized spacial score (nSPS) is 37.6. The standard InChI is InChI=1S/C19H26N2O14/c22-4-9-11(24)12(25)15(28)19(34-9)35-16-10(5-23)33-17(14(27)13(16)26)20-6-1-2-7(18(29)30)8(3-6)21(31)32/h1-3,9-17,19-20,22-28H,4-5H2,(H,29,30). The predicted octanol–water partition coefficient (Wildman–Crippen LogP) is -3.67. The molecule has 196 valence electrons. The van der Waals surface area contributed by atoms with Gasteiger partial charge in [0.05, 0.1) is 18.1 Å². The van der Waals surface area contributed by atoms with Gasteiger partial charge in [-0.25, -0.2) is 4.79 Å². The second-order valence-electron chi connectivity index (χ2n) is 8.00. The molecule has 10 atom stereocenters. The monoisotopic (exact) mass is 506 g/mol. The fraction of sp³-hybridized carbons (Fsp3) is 0.632. The third-order valence-corrected chi connectivity index (χ3v) is 5.74. The number of aliphatic hydroxyl groups excluding tert-OH is 7. The molecule has 0 radical (unpaired) electrons. The highest BCUT2D eigenvalue weighted by Crippen LogP contribution is 2.31. The highest BCUT2D eigenvalue weighted by Gasteiger charge is 2.50. The Bertz CT molecular complexity index is 914. The van der Waals surface area contributed by atoms with Gasteiger partial charge in [0.25, 0.3) is 5.69 Å². The molecule has 16 nitrogen and oxygen atoms in total. The number of hydrogen-bond donors (Lipinski definition) is 9. The fourth-order valence-corrected chi connectivity index (χ4v) is 3.83. The predicted molar refractivity (Wildman–Crippen MR) is 110 cm³/mol. The van der Waals surface area contributed by atoms with Crippen LogP contribution in [0.2, 0.25) is 0 Å². The molecular formula is C19H26N2O14. The van der Waals surface area contributed by atoms with E-state index in [-0.39, 0.29) is 5.69 Å². The fourth-order valence-electron chi connectivity index (χ4n) is 3.83. The molecule has 2 fully saturated rings. The molecule has 0 amide bonds. The van der Waals surface area contributed by atoms with E-state index >= 15 is 0 Å². The Labute approximate surface area is 196 Å². The minimum absolute atomic E-state index is 0.0389. The number of nitro groups is 1. The van der Waals surface area contributed by atoms with E-state index in [9.17, 15) is 50.7 Å². The Balaban J connectivity index is 1.76. The molecule has 16 heteroatoms.